The number of nitrogens with zero attached hydrogens (tertiary/aromatic N) is 1. The molecule has 0 aliphatic carbocycles. The summed E-state index contributed by atoms with van der Waals surface area (Å²) in [7, 11) is 1.77. The van der Waals surface area contributed by atoms with E-state index in [-0.39, 0.29) is 18.4 Å². The Morgan fingerprint density at radius 1 is 1.32 bits per heavy atom. The Bertz CT molecular complexity index is 595. The van der Waals surface area contributed by atoms with Crippen LogP contribution in [0.4, 0.5) is 0 Å². The van der Waals surface area contributed by atoms with Crippen LogP contribution < -0.4 is 0 Å². The Morgan fingerprint density at radius 3 is 2.82 bits per heavy atom. The highest BCUT2D eigenvalue weighted by atomic mass is 32.2. The number of carbonyl (C=O) groups is 2. The maximum absolute atomic E-state index is 12.4. The first-order valence-corrected chi connectivity index (χ1v) is 11.4. The SMILES string of the molecule is COC(CC[C@H]1CCCC(=O)N1CCSCCCC(=O)O)Cc1ccccc1. The van der Waals surface area contributed by atoms with Crippen molar-refractivity contribution in [1.82, 2.24) is 4.90 Å². The molecule has 1 heterocycles. The van der Waals surface area contributed by atoms with Gasteiger partial charge in [-0.2, -0.15) is 11.8 Å². The topological polar surface area (TPSA) is 66.8 Å². The molecule has 2 rings (SSSR count). The maximum Gasteiger partial charge on any atom is 0.303 e. The molecule has 0 radical (unpaired) electrons. The third-order valence-electron chi connectivity index (χ3n) is 5.31. The van der Waals surface area contributed by atoms with Crippen LogP contribution in [0.15, 0.2) is 30.3 Å². The van der Waals surface area contributed by atoms with Crippen molar-refractivity contribution >= 4 is 23.6 Å². The van der Waals surface area contributed by atoms with Gasteiger partial charge in [-0.15, -0.1) is 0 Å². The first-order chi connectivity index (χ1) is 13.6. The second kappa shape index (κ2) is 12.8. The monoisotopic (exact) mass is 407 g/mol. The third kappa shape index (κ3) is 8.23. The summed E-state index contributed by atoms with van der Waals surface area (Å²) < 4.78 is 5.70. The fourth-order valence-electron chi connectivity index (χ4n) is 3.75. The highest BCUT2D eigenvalue weighted by Gasteiger charge is 2.28. The number of aliphatic carboxylic acids is 1. The van der Waals surface area contributed by atoms with Gasteiger partial charge in [0.05, 0.1) is 6.10 Å². The first-order valence-electron chi connectivity index (χ1n) is 10.3. The van der Waals surface area contributed by atoms with E-state index in [0.717, 1.165) is 50.2 Å². The average molecular weight is 408 g/mol. The Balaban J connectivity index is 1.76. The third-order valence-corrected chi connectivity index (χ3v) is 6.35. The van der Waals surface area contributed by atoms with Crippen molar-refractivity contribution in [3.05, 3.63) is 35.9 Å². The standard InChI is InChI=1S/C22H33NO4S/c1-27-20(17-18-7-3-2-4-8-18)13-12-19-9-5-10-21(24)23(19)14-16-28-15-6-11-22(25)26/h2-4,7-8,19-20H,5-6,9-17H2,1H3,(H,25,26)/t19-,20?/m1/s1. The highest BCUT2D eigenvalue weighted by molar-refractivity contribution is 7.99. The molecular formula is C22H33NO4S. The van der Waals surface area contributed by atoms with Crippen molar-refractivity contribution in [3.8, 4) is 0 Å². The van der Waals surface area contributed by atoms with Gasteiger partial charge >= 0.3 is 5.97 Å². The summed E-state index contributed by atoms with van der Waals surface area (Å²) in [6.45, 7) is 0.761. The molecule has 0 aromatic heterocycles. The molecule has 6 heteroatoms. The molecular weight excluding hydrogens is 374 g/mol. The van der Waals surface area contributed by atoms with Crippen molar-refractivity contribution in [2.24, 2.45) is 0 Å². The van der Waals surface area contributed by atoms with Crippen LogP contribution >= 0.6 is 11.8 Å². The molecule has 1 saturated heterocycles. The van der Waals surface area contributed by atoms with Crippen LogP contribution in [-0.4, -0.2) is 59.2 Å². The van der Waals surface area contributed by atoms with E-state index in [1.807, 2.05) is 6.07 Å². The Labute approximate surface area is 172 Å². The number of methoxy groups -OCH3 is 1. The van der Waals surface area contributed by atoms with Crippen LogP contribution in [0.1, 0.15) is 50.5 Å². The number of rotatable bonds is 13. The molecule has 0 spiro atoms. The van der Waals surface area contributed by atoms with E-state index in [4.69, 9.17) is 9.84 Å². The van der Waals surface area contributed by atoms with Gasteiger partial charge < -0.3 is 14.7 Å². The van der Waals surface area contributed by atoms with Crippen LogP contribution in [0, 0.1) is 0 Å². The van der Waals surface area contributed by atoms with Gasteiger partial charge in [-0.1, -0.05) is 30.3 Å². The Kier molecular flexibility index (Phi) is 10.4. The van der Waals surface area contributed by atoms with Crippen LogP contribution in [-0.2, 0) is 20.7 Å². The molecule has 5 nitrogen and oxygen atoms in total. The quantitative estimate of drug-likeness (QED) is 0.501. The second-order valence-corrected chi connectivity index (χ2v) is 8.59. The van der Waals surface area contributed by atoms with Gasteiger partial charge in [0.15, 0.2) is 0 Å². The zero-order valence-electron chi connectivity index (χ0n) is 16.8. The number of hydrogen-bond donors (Lipinski definition) is 1. The van der Waals surface area contributed by atoms with Gasteiger partial charge in [0, 0.05) is 38.3 Å². The molecule has 28 heavy (non-hydrogen) atoms. The van der Waals surface area contributed by atoms with Gasteiger partial charge in [0.1, 0.15) is 0 Å². The number of hydrogen-bond acceptors (Lipinski definition) is 4. The number of ether oxygens (including phenoxy) is 1. The van der Waals surface area contributed by atoms with E-state index < -0.39 is 5.97 Å². The van der Waals surface area contributed by atoms with Crippen LogP contribution in [0.5, 0.6) is 0 Å². The zero-order chi connectivity index (χ0) is 20.2. The molecule has 0 bridgehead atoms. The minimum absolute atomic E-state index is 0.173. The predicted molar refractivity (Wildman–Crippen MR) is 114 cm³/mol. The van der Waals surface area contributed by atoms with Crippen molar-refractivity contribution in [2.75, 3.05) is 25.2 Å². The van der Waals surface area contributed by atoms with Crippen molar-refractivity contribution in [1.29, 1.82) is 0 Å². The normalized spacial score (nSPS) is 18.2. The largest absolute Gasteiger partial charge is 0.481 e. The molecule has 156 valence electrons. The molecule has 1 amide bonds. The lowest BCUT2D eigenvalue weighted by Gasteiger charge is -2.36. The lowest BCUT2D eigenvalue weighted by Crippen LogP contribution is -2.45. The summed E-state index contributed by atoms with van der Waals surface area (Å²) >= 11 is 1.74. The Hall–Kier alpha value is -1.53. The highest BCUT2D eigenvalue weighted by Crippen LogP contribution is 2.24. The first kappa shape index (κ1) is 22.8. The number of thioether (sulfide) groups is 1. The van der Waals surface area contributed by atoms with Gasteiger partial charge in [0.2, 0.25) is 5.91 Å². The van der Waals surface area contributed by atoms with Gasteiger partial charge in [-0.25, -0.2) is 0 Å². The Morgan fingerprint density at radius 2 is 2.11 bits per heavy atom. The lowest BCUT2D eigenvalue weighted by atomic mass is 9.94. The van der Waals surface area contributed by atoms with E-state index in [0.29, 0.717) is 18.9 Å². The van der Waals surface area contributed by atoms with Gasteiger partial charge in [-0.05, 0) is 49.8 Å². The molecule has 1 N–H and O–H groups in total. The zero-order valence-corrected chi connectivity index (χ0v) is 17.7. The number of carbonyl (C=O) groups excluding carboxylic acids is 1. The number of carboxylic acid groups (broad SMARTS) is 1. The fourth-order valence-corrected chi connectivity index (χ4v) is 4.63. The molecule has 1 aliphatic heterocycles. The van der Waals surface area contributed by atoms with Crippen LogP contribution in [0.2, 0.25) is 0 Å². The fraction of sp³-hybridized carbons (Fsp3) is 0.636. The number of likely N-dealkylation sites (tertiary alicyclic amines) is 1. The molecule has 1 aliphatic rings. The van der Waals surface area contributed by atoms with Gasteiger partial charge in [-0.3, -0.25) is 9.59 Å². The van der Waals surface area contributed by atoms with E-state index >= 15 is 0 Å². The smallest absolute Gasteiger partial charge is 0.303 e. The lowest BCUT2D eigenvalue weighted by molar-refractivity contribution is -0.137. The summed E-state index contributed by atoms with van der Waals surface area (Å²) in [5, 5.41) is 8.69. The van der Waals surface area contributed by atoms with E-state index in [1.165, 1.54) is 5.56 Å². The molecule has 1 aromatic rings. The van der Waals surface area contributed by atoms with E-state index in [9.17, 15) is 9.59 Å². The molecule has 2 atom stereocenters. The van der Waals surface area contributed by atoms with Gasteiger partial charge in [0.25, 0.3) is 0 Å². The summed E-state index contributed by atoms with van der Waals surface area (Å²) in [5.41, 5.74) is 1.28. The molecule has 1 unspecified atom stereocenters. The average Bonchev–Trinajstić information content (AvgIpc) is 2.69. The summed E-state index contributed by atoms with van der Waals surface area (Å²) in [6.07, 6.45) is 6.59. The van der Waals surface area contributed by atoms with Crippen LogP contribution in [0.25, 0.3) is 0 Å². The molecule has 1 aromatic carbocycles. The summed E-state index contributed by atoms with van der Waals surface area (Å²) in [6, 6.07) is 10.7. The number of amides is 1. The minimum atomic E-state index is -0.741. The number of carboxylic acids is 1. The van der Waals surface area contributed by atoms with Crippen molar-refractivity contribution in [3.63, 3.8) is 0 Å². The second-order valence-electron chi connectivity index (χ2n) is 7.37. The molecule has 1 fully saturated rings. The maximum atomic E-state index is 12.4. The number of benzene rings is 1. The molecule has 0 saturated carbocycles. The predicted octanol–water partition coefficient (Wildman–Crippen LogP) is 4.00. The van der Waals surface area contributed by atoms with E-state index in [1.54, 1.807) is 18.9 Å². The van der Waals surface area contributed by atoms with Crippen molar-refractivity contribution in [2.45, 2.75) is 63.5 Å². The summed E-state index contributed by atoms with van der Waals surface area (Å²) in [5.74, 6) is 1.23. The number of piperidine rings is 1. The van der Waals surface area contributed by atoms with Crippen LogP contribution in [0.3, 0.4) is 0 Å². The van der Waals surface area contributed by atoms with E-state index in [2.05, 4.69) is 29.2 Å². The van der Waals surface area contributed by atoms with Crippen molar-refractivity contribution < 1.29 is 19.4 Å². The minimum Gasteiger partial charge on any atom is -0.481 e. The summed E-state index contributed by atoms with van der Waals surface area (Å²) in [4.78, 5) is 25.0.